The minimum atomic E-state index is -1.84. The summed E-state index contributed by atoms with van der Waals surface area (Å²) in [7, 11) is 3.30. The van der Waals surface area contributed by atoms with Gasteiger partial charge >= 0.3 is 0 Å². The maximum absolute atomic E-state index is 13.9. The zero-order chi connectivity index (χ0) is 45.3. The first-order valence-electron chi connectivity index (χ1n) is 22.0. The van der Waals surface area contributed by atoms with Gasteiger partial charge < -0.3 is 29.2 Å². The fraction of sp³-hybridized carbons (Fsp3) is 0.186. The normalized spacial score (nSPS) is 16.0. The second-order valence-corrected chi connectivity index (χ2v) is 17.5. The van der Waals surface area contributed by atoms with E-state index in [4.69, 9.17) is 18.9 Å². The van der Waals surface area contributed by atoms with Crippen LogP contribution < -0.4 is 9.47 Å². The highest BCUT2D eigenvalue weighted by Gasteiger charge is 2.61. The molecular formula is C59H54O6. The van der Waals surface area contributed by atoms with Gasteiger partial charge in [-0.2, -0.15) is 0 Å². The summed E-state index contributed by atoms with van der Waals surface area (Å²) in [5.74, 6) is 0.325. The number of aryl methyl sites for hydroxylation is 2. The van der Waals surface area contributed by atoms with Gasteiger partial charge in [0, 0.05) is 0 Å². The van der Waals surface area contributed by atoms with E-state index in [0.29, 0.717) is 22.3 Å². The van der Waals surface area contributed by atoms with Gasteiger partial charge in [-0.1, -0.05) is 181 Å². The molecule has 1 heterocycles. The molecule has 326 valence electrons. The third kappa shape index (κ3) is 8.50. The van der Waals surface area contributed by atoms with Crippen LogP contribution in [-0.4, -0.2) is 42.4 Å². The summed E-state index contributed by atoms with van der Waals surface area (Å²) in [5.41, 5.74) is 9.14. The molecule has 0 aliphatic carbocycles. The van der Waals surface area contributed by atoms with Gasteiger partial charge in [-0.3, -0.25) is 0 Å². The maximum Gasteiger partial charge on any atom is 0.164 e. The zero-order valence-corrected chi connectivity index (χ0v) is 37.7. The van der Waals surface area contributed by atoms with E-state index in [0.717, 1.165) is 56.0 Å². The van der Waals surface area contributed by atoms with E-state index in [1.807, 2.05) is 159 Å². The highest BCUT2D eigenvalue weighted by atomic mass is 16.8. The van der Waals surface area contributed by atoms with Gasteiger partial charge in [-0.15, -0.1) is 0 Å². The van der Waals surface area contributed by atoms with Gasteiger partial charge in [0.2, 0.25) is 0 Å². The van der Waals surface area contributed by atoms with Crippen LogP contribution in [-0.2, 0) is 20.7 Å². The highest BCUT2D eigenvalue weighted by molar-refractivity contribution is 5.69. The van der Waals surface area contributed by atoms with Crippen LogP contribution >= 0.6 is 0 Å². The largest absolute Gasteiger partial charge is 0.497 e. The van der Waals surface area contributed by atoms with Crippen molar-refractivity contribution in [2.45, 2.75) is 56.9 Å². The van der Waals surface area contributed by atoms with Gasteiger partial charge in [0.1, 0.15) is 34.9 Å². The predicted molar refractivity (Wildman–Crippen MR) is 260 cm³/mol. The van der Waals surface area contributed by atoms with Crippen LogP contribution in [0.5, 0.6) is 11.5 Å². The first kappa shape index (κ1) is 43.5. The summed E-state index contributed by atoms with van der Waals surface area (Å²) in [6, 6.07) is 64.3. The molecule has 6 heteroatoms. The minimum absolute atomic E-state index is 0.579. The molecule has 9 rings (SSSR count). The topological polar surface area (TPSA) is 77.4 Å². The molecule has 1 aliphatic heterocycles. The van der Waals surface area contributed by atoms with Crippen molar-refractivity contribution in [3.05, 3.63) is 228 Å². The van der Waals surface area contributed by atoms with E-state index in [1.165, 1.54) is 11.1 Å². The Morgan fingerprint density at radius 3 is 0.769 bits per heavy atom. The van der Waals surface area contributed by atoms with Crippen LogP contribution in [0.1, 0.15) is 47.2 Å². The van der Waals surface area contributed by atoms with Crippen LogP contribution in [0, 0.1) is 13.8 Å². The van der Waals surface area contributed by atoms with Crippen LogP contribution in [0.4, 0.5) is 0 Å². The predicted octanol–water partition coefficient (Wildman–Crippen LogP) is 12.7. The van der Waals surface area contributed by atoms with Gasteiger partial charge in [-0.25, -0.2) is 0 Å². The molecule has 2 atom stereocenters. The molecule has 0 bridgehead atoms. The maximum atomic E-state index is 13.9. The number of aliphatic hydroxyl groups is 2. The summed E-state index contributed by atoms with van der Waals surface area (Å²) in [6.45, 7) is 7.82. The fourth-order valence-corrected chi connectivity index (χ4v) is 9.09. The molecule has 8 aromatic rings. The van der Waals surface area contributed by atoms with Crippen molar-refractivity contribution in [2.75, 3.05) is 14.2 Å². The molecule has 0 amide bonds. The molecule has 1 aliphatic rings. The number of hydrogen-bond donors (Lipinski definition) is 2. The van der Waals surface area contributed by atoms with Gasteiger partial charge in [0.05, 0.1) is 14.2 Å². The number of ether oxygens (including phenoxy) is 4. The van der Waals surface area contributed by atoms with Crippen LogP contribution in [0.25, 0.3) is 44.5 Å². The summed E-state index contributed by atoms with van der Waals surface area (Å²) >= 11 is 0. The number of methoxy groups -OCH3 is 2. The van der Waals surface area contributed by atoms with Crippen molar-refractivity contribution in [2.24, 2.45) is 0 Å². The average molecular weight is 859 g/mol. The van der Waals surface area contributed by atoms with Crippen molar-refractivity contribution >= 4 is 0 Å². The molecule has 6 nitrogen and oxygen atoms in total. The van der Waals surface area contributed by atoms with Crippen molar-refractivity contribution in [1.29, 1.82) is 0 Å². The van der Waals surface area contributed by atoms with E-state index < -0.39 is 29.2 Å². The third-order valence-electron chi connectivity index (χ3n) is 12.8. The lowest BCUT2D eigenvalue weighted by Gasteiger charge is -2.42. The molecule has 65 heavy (non-hydrogen) atoms. The van der Waals surface area contributed by atoms with E-state index in [-0.39, 0.29) is 0 Å². The molecule has 1 fully saturated rings. The fourth-order valence-electron chi connectivity index (χ4n) is 9.09. The molecule has 1 saturated heterocycles. The molecule has 0 radical (unpaired) electrons. The molecule has 0 saturated carbocycles. The number of hydrogen-bond acceptors (Lipinski definition) is 6. The summed E-state index contributed by atoms with van der Waals surface area (Å²) in [6.07, 6.45) is -2.25. The Kier molecular flexibility index (Phi) is 11.8. The van der Waals surface area contributed by atoms with Crippen LogP contribution in [0.2, 0.25) is 0 Å². The zero-order valence-electron chi connectivity index (χ0n) is 37.7. The van der Waals surface area contributed by atoms with Crippen molar-refractivity contribution in [1.82, 2.24) is 0 Å². The van der Waals surface area contributed by atoms with E-state index in [9.17, 15) is 10.2 Å². The molecular weight excluding hydrogens is 805 g/mol. The Labute approximate surface area is 382 Å². The molecule has 8 aromatic carbocycles. The highest BCUT2D eigenvalue weighted by Crippen LogP contribution is 2.51. The van der Waals surface area contributed by atoms with Gasteiger partial charge in [0.25, 0.3) is 0 Å². The van der Waals surface area contributed by atoms with Crippen LogP contribution in [0.15, 0.2) is 194 Å². The first-order chi connectivity index (χ1) is 31.4. The second kappa shape index (κ2) is 17.6. The molecule has 0 aromatic heterocycles. The van der Waals surface area contributed by atoms with E-state index in [1.54, 1.807) is 14.2 Å². The lowest BCUT2D eigenvalue weighted by Crippen LogP contribution is -2.55. The van der Waals surface area contributed by atoms with E-state index >= 15 is 0 Å². The Balaban J connectivity index is 1.20. The Morgan fingerprint density at radius 1 is 0.354 bits per heavy atom. The SMILES string of the molecule is COc1ccc(-c2ccc(C(O)(c3ccc(-c4ccc(OC)cc4)cc3)[C@@H]3OC(C)(C)O[C@H]3C(O)(c3ccc(-c4ccc(C)cc4)cc3)c3ccc(-c4ccc(C)cc4)cc3)cc2)cc1. The van der Waals surface area contributed by atoms with Crippen molar-refractivity contribution < 1.29 is 29.2 Å². The van der Waals surface area contributed by atoms with Crippen molar-refractivity contribution in [3.63, 3.8) is 0 Å². The molecule has 2 N–H and O–H groups in total. The van der Waals surface area contributed by atoms with Crippen LogP contribution in [0.3, 0.4) is 0 Å². The second-order valence-electron chi connectivity index (χ2n) is 17.5. The monoisotopic (exact) mass is 858 g/mol. The average Bonchev–Trinajstić information content (AvgIpc) is 3.70. The Morgan fingerprint density at radius 2 is 0.554 bits per heavy atom. The quantitative estimate of drug-likeness (QED) is 0.127. The first-order valence-corrected chi connectivity index (χ1v) is 22.0. The number of benzene rings is 8. The standard InChI is InChI=1S/C59H54O6/c1-39-7-11-41(12-8-39)43-15-27-49(28-16-43)58(60,50-29-17-44(18-30-50)42-13-9-40(2)10-14-42)55-56(65-57(3,4)64-55)59(61,51-31-19-45(20-32-51)47-23-35-53(62-5)36-24-47)52-33-21-46(22-34-52)48-25-37-54(63-6)38-26-48/h7-38,55-56,60-61H,1-6H3/t55-,56-/m1/s1. The Hall–Kier alpha value is -6.80. The number of rotatable bonds is 12. The molecule has 0 unspecified atom stereocenters. The lowest BCUT2D eigenvalue weighted by atomic mass is 9.71. The van der Waals surface area contributed by atoms with E-state index in [2.05, 4.69) is 62.4 Å². The summed E-state index contributed by atoms with van der Waals surface area (Å²) in [5, 5.41) is 27.7. The summed E-state index contributed by atoms with van der Waals surface area (Å²) < 4.78 is 24.7. The van der Waals surface area contributed by atoms with Gasteiger partial charge in [0.15, 0.2) is 5.79 Å². The van der Waals surface area contributed by atoms with Gasteiger partial charge in [-0.05, 0) is 119 Å². The van der Waals surface area contributed by atoms with Crippen molar-refractivity contribution in [3.8, 4) is 56.0 Å². The lowest BCUT2D eigenvalue weighted by molar-refractivity contribution is -0.172. The molecule has 0 spiro atoms. The smallest absolute Gasteiger partial charge is 0.164 e. The Bertz CT molecular complexity index is 2670. The minimum Gasteiger partial charge on any atom is -0.497 e. The summed E-state index contributed by atoms with van der Waals surface area (Å²) in [4.78, 5) is 0. The third-order valence-corrected chi connectivity index (χ3v) is 12.8.